The zero-order valence-corrected chi connectivity index (χ0v) is 10.1. The second kappa shape index (κ2) is 5.49. The van der Waals surface area contributed by atoms with Crippen molar-refractivity contribution in [2.24, 2.45) is 5.73 Å². The highest BCUT2D eigenvalue weighted by Crippen LogP contribution is 2.22. The first-order valence-electron chi connectivity index (χ1n) is 5.70. The summed E-state index contributed by atoms with van der Waals surface area (Å²) in [6.45, 7) is 0.250. The normalized spacial score (nSPS) is 10.2. The maximum Gasteiger partial charge on any atom is 0.262 e. The standard InChI is InChI=1S/C14H13FN2O2/c15-10-5-3-7-12(18)13(10)14(19)17-11-6-2-1-4-9(11)8-16/h1-7,18H,8,16H2,(H,17,19). The molecule has 2 aromatic rings. The molecule has 98 valence electrons. The number of carbonyl (C=O) groups is 1. The van der Waals surface area contributed by atoms with Gasteiger partial charge in [0.25, 0.3) is 5.91 Å². The van der Waals surface area contributed by atoms with Crippen molar-refractivity contribution in [2.75, 3.05) is 5.32 Å². The molecular formula is C14H13FN2O2. The van der Waals surface area contributed by atoms with E-state index in [1.165, 1.54) is 12.1 Å². The van der Waals surface area contributed by atoms with Gasteiger partial charge >= 0.3 is 0 Å². The highest BCUT2D eigenvalue weighted by Gasteiger charge is 2.17. The first kappa shape index (κ1) is 13.0. The summed E-state index contributed by atoms with van der Waals surface area (Å²) >= 11 is 0. The molecule has 4 N–H and O–H groups in total. The number of nitrogens with two attached hydrogens (primary N) is 1. The molecule has 0 saturated heterocycles. The Morgan fingerprint density at radius 1 is 1.21 bits per heavy atom. The zero-order chi connectivity index (χ0) is 13.8. The highest BCUT2D eigenvalue weighted by molar-refractivity contribution is 6.06. The molecule has 0 radical (unpaired) electrons. The molecule has 5 heteroatoms. The summed E-state index contributed by atoms with van der Waals surface area (Å²) in [6.07, 6.45) is 0. The van der Waals surface area contributed by atoms with Crippen LogP contribution in [0, 0.1) is 5.82 Å². The Hall–Kier alpha value is -2.40. The third kappa shape index (κ3) is 2.71. The Kier molecular flexibility index (Phi) is 3.77. The topological polar surface area (TPSA) is 75.3 Å². The van der Waals surface area contributed by atoms with Gasteiger partial charge in [-0.2, -0.15) is 0 Å². The van der Waals surface area contributed by atoms with Crippen LogP contribution in [0.15, 0.2) is 42.5 Å². The van der Waals surface area contributed by atoms with Crippen LogP contribution in [-0.4, -0.2) is 11.0 Å². The summed E-state index contributed by atoms with van der Waals surface area (Å²) in [5.41, 5.74) is 6.40. The van der Waals surface area contributed by atoms with Gasteiger partial charge in [-0.1, -0.05) is 24.3 Å². The predicted molar refractivity (Wildman–Crippen MR) is 70.4 cm³/mol. The Morgan fingerprint density at radius 3 is 2.63 bits per heavy atom. The Balaban J connectivity index is 2.31. The number of benzene rings is 2. The van der Waals surface area contributed by atoms with E-state index >= 15 is 0 Å². The second-order valence-corrected chi connectivity index (χ2v) is 3.95. The van der Waals surface area contributed by atoms with Crippen molar-refractivity contribution in [1.29, 1.82) is 0 Å². The number of anilines is 1. The lowest BCUT2D eigenvalue weighted by Crippen LogP contribution is -2.16. The smallest absolute Gasteiger partial charge is 0.262 e. The molecule has 0 aliphatic rings. The van der Waals surface area contributed by atoms with Gasteiger partial charge in [-0.25, -0.2) is 4.39 Å². The maximum absolute atomic E-state index is 13.5. The van der Waals surface area contributed by atoms with Gasteiger partial charge in [-0.3, -0.25) is 4.79 Å². The number of amides is 1. The van der Waals surface area contributed by atoms with Gasteiger partial charge in [0.15, 0.2) is 0 Å². The first-order chi connectivity index (χ1) is 9.13. The van der Waals surface area contributed by atoms with E-state index in [1.54, 1.807) is 24.3 Å². The highest BCUT2D eigenvalue weighted by atomic mass is 19.1. The fraction of sp³-hybridized carbons (Fsp3) is 0.0714. The largest absolute Gasteiger partial charge is 0.507 e. The average molecular weight is 260 g/mol. The van der Waals surface area contributed by atoms with E-state index in [0.717, 1.165) is 11.6 Å². The van der Waals surface area contributed by atoms with Crippen LogP contribution < -0.4 is 11.1 Å². The Labute approximate surface area is 109 Å². The van der Waals surface area contributed by atoms with Gasteiger partial charge < -0.3 is 16.2 Å². The van der Waals surface area contributed by atoms with Gasteiger partial charge in [0, 0.05) is 12.2 Å². The molecule has 0 bridgehead atoms. The molecular weight excluding hydrogens is 247 g/mol. The summed E-state index contributed by atoms with van der Waals surface area (Å²) in [5.74, 6) is -1.89. The molecule has 0 atom stereocenters. The summed E-state index contributed by atoms with van der Waals surface area (Å²) in [7, 11) is 0. The number of aromatic hydroxyl groups is 1. The van der Waals surface area contributed by atoms with Crippen LogP contribution in [0.25, 0.3) is 0 Å². The predicted octanol–water partition coefficient (Wildman–Crippen LogP) is 2.24. The van der Waals surface area contributed by atoms with Crippen LogP contribution in [0.2, 0.25) is 0 Å². The van der Waals surface area contributed by atoms with Crippen molar-refractivity contribution in [3.8, 4) is 5.75 Å². The molecule has 0 heterocycles. The van der Waals surface area contributed by atoms with E-state index in [2.05, 4.69) is 5.32 Å². The number of hydrogen-bond acceptors (Lipinski definition) is 3. The Morgan fingerprint density at radius 2 is 1.95 bits per heavy atom. The molecule has 0 unspecified atom stereocenters. The average Bonchev–Trinajstić information content (AvgIpc) is 2.39. The molecule has 4 nitrogen and oxygen atoms in total. The van der Waals surface area contributed by atoms with Crippen LogP contribution >= 0.6 is 0 Å². The second-order valence-electron chi connectivity index (χ2n) is 3.95. The number of rotatable bonds is 3. The number of para-hydroxylation sites is 1. The van der Waals surface area contributed by atoms with Crippen molar-refractivity contribution >= 4 is 11.6 Å². The summed E-state index contributed by atoms with van der Waals surface area (Å²) < 4.78 is 13.5. The van der Waals surface area contributed by atoms with Gasteiger partial charge in [0.1, 0.15) is 17.1 Å². The van der Waals surface area contributed by atoms with E-state index in [9.17, 15) is 14.3 Å². The summed E-state index contributed by atoms with van der Waals surface area (Å²) in [6, 6.07) is 10.6. The fourth-order valence-corrected chi connectivity index (χ4v) is 1.74. The molecule has 0 aliphatic heterocycles. The number of hydrogen-bond donors (Lipinski definition) is 3. The minimum atomic E-state index is -0.775. The number of phenols is 1. The van der Waals surface area contributed by atoms with Gasteiger partial charge in [0.05, 0.1) is 0 Å². The molecule has 19 heavy (non-hydrogen) atoms. The molecule has 0 saturated carbocycles. The van der Waals surface area contributed by atoms with Crippen molar-refractivity contribution in [2.45, 2.75) is 6.54 Å². The van der Waals surface area contributed by atoms with Crippen LogP contribution in [0.5, 0.6) is 5.75 Å². The third-order valence-electron chi connectivity index (χ3n) is 2.70. The van der Waals surface area contributed by atoms with Crippen molar-refractivity contribution < 1.29 is 14.3 Å². The van der Waals surface area contributed by atoms with Gasteiger partial charge in [0.2, 0.25) is 0 Å². The molecule has 2 aromatic carbocycles. The minimum Gasteiger partial charge on any atom is -0.507 e. The van der Waals surface area contributed by atoms with E-state index in [-0.39, 0.29) is 12.1 Å². The van der Waals surface area contributed by atoms with Crippen molar-refractivity contribution in [3.05, 3.63) is 59.4 Å². The van der Waals surface area contributed by atoms with E-state index < -0.39 is 17.5 Å². The number of halogens is 1. The fourth-order valence-electron chi connectivity index (χ4n) is 1.74. The molecule has 0 aromatic heterocycles. The van der Waals surface area contributed by atoms with Crippen LogP contribution in [0.3, 0.4) is 0 Å². The van der Waals surface area contributed by atoms with E-state index in [0.29, 0.717) is 5.69 Å². The van der Waals surface area contributed by atoms with E-state index in [4.69, 9.17) is 5.73 Å². The molecule has 2 rings (SSSR count). The SMILES string of the molecule is NCc1ccccc1NC(=O)c1c(O)cccc1F. The van der Waals surface area contributed by atoms with Crippen LogP contribution in [0.1, 0.15) is 15.9 Å². The van der Waals surface area contributed by atoms with Crippen molar-refractivity contribution in [3.63, 3.8) is 0 Å². The molecule has 0 fully saturated rings. The number of nitrogens with one attached hydrogen (secondary N) is 1. The first-order valence-corrected chi connectivity index (χ1v) is 5.70. The molecule has 1 amide bonds. The van der Waals surface area contributed by atoms with Crippen LogP contribution in [-0.2, 0) is 6.54 Å². The number of phenolic OH excluding ortho intramolecular Hbond substituents is 1. The quantitative estimate of drug-likeness (QED) is 0.792. The lowest BCUT2D eigenvalue weighted by Gasteiger charge is -2.10. The molecule has 0 spiro atoms. The number of carbonyl (C=O) groups excluding carboxylic acids is 1. The Bertz CT molecular complexity index is 594. The van der Waals surface area contributed by atoms with Crippen LogP contribution in [0.4, 0.5) is 10.1 Å². The van der Waals surface area contributed by atoms with E-state index in [1.807, 2.05) is 0 Å². The zero-order valence-electron chi connectivity index (χ0n) is 10.1. The monoisotopic (exact) mass is 260 g/mol. The third-order valence-corrected chi connectivity index (χ3v) is 2.70. The molecule has 0 aliphatic carbocycles. The van der Waals surface area contributed by atoms with Gasteiger partial charge in [-0.15, -0.1) is 0 Å². The minimum absolute atomic E-state index is 0.250. The lowest BCUT2D eigenvalue weighted by molar-refractivity contribution is 0.102. The maximum atomic E-state index is 13.5. The lowest BCUT2D eigenvalue weighted by atomic mass is 10.1. The summed E-state index contributed by atoms with van der Waals surface area (Å²) in [4.78, 5) is 12.0. The van der Waals surface area contributed by atoms with Crippen molar-refractivity contribution in [1.82, 2.24) is 0 Å². The summed E-state index contributed by atoms with van der Waals surface area (Å²) in [5, 5.41) is 12.1. The van der Waals surface area contributed by atoms with Gasteiger partial charge in [-0.05, 0) is 23.8 Å².